The van der Waals surface area contributed by atoms with E-state index in [0.29, 0.717) is 25.0 Å². The normalized spacial score (nSPS) is 26.6. The van der Waals surface area contributed by atoms with Gasteiger partial charge in [0.25, 0.3) is 0 Å². The quantitative estimate of drug-likeness (QED) is 0.764. The number of fused-ring (bicyclic) bond motifs is 1. The number of piperazine rings is 1. The van der Waals surface area contributed by atoms with E-state index in [1.807, 2.05) is 0 Å². The molecule has 18 heavy (non-hydrogen) atoms. The second-order valence-electron chi connectivity index (χ2n) is 4.63. The summed E-state index contributed by atoms with van der Waals surface area (Å²) in [5.41, 5.74) is 0. The van der Waals surface area contributed by atoms with Crippen LogP contribution in [0.5, 0.6) is 6.01 Å². The van der Waals surface area contributed by atoms with E-state index in [0.717, 1.165) is 19.4 Å². The third-order valence-electron chi connectivity index (χ3n) is 3.28. The van der Waals surface area contributed by atoms with Crippen molar-refractivity contribution >= 4 is 5.91 Å². The Morgan fingerprint density at radius 1 is 1.56 bits per heavy atom. The highest BCUT2D eigenvalue weighted by Crippen LogP contribution is 2.20. The molecule has 0 aliphatic carbocycles. The number of hydrogen-bond donors (Lipinski definition) is 2. The van der Waals surface area contributed by atoms with Crippen molar-refractivity contribution in [1.29, 1.82) is 0 Å². The van der Waals surface area contributed by atoms with Crippen molar-refractivity contribution in [2.45, 2.75) is 38.4 Å². The van der Waals surface area contributed by atoms with Gasteiger partial charge in [0.2, 0.25) is 5.91 Å². The largest absolute Gasteiger partial charge is 0.462 e. The Morgan fingerprint density at radius 3 is 3.22 bits per heavy atom. The van der Waals surface area contributed by atoms with E-state index in [4.69, 9.17) is 4.74 Å². The van der Waals surface area contributed by atoms with Crippen LogP contribution in [-0.4, -0.2) is 39.9 Å². The summed E-state index contributed by atoms with van der Waals surface area (Å²) in [6, 6.07) is 0.407. The molecule has 3 rings (SSSR count). The SMILES string of the molecule is CCCC1NC(c2nc3n(n2)CCO3)CNC1=O. The standard InChI is InChI=1S/C11H17N5O2/c1-2-3-7-10(17)12-6-8(13-7)9-14-11-16(15-9)4-5-18-11/h7-8,13H,2-6H2,1H3,(H,12,17). The second kappa shape index (κ2) is 4.56. The summed E-state index contributed by atoms with van der Waals surface area (Å²) in [6.07, 6.45) is 1.79. The molecule has 0 saturated carbocycles. The first-order valence-corrected chi connectivity index (χ1v) is 6.39. The molecule has 1 aromatic rings. The Bertz CT molecular complexity index is 437. The number of amides is 1. The number of nitrogens with one attached hydrogen (secondary N) is 2. The van der Waals surface area contributed by atoms with E-state index >= 15 is 0 Å². The highest BCUT2D eigenvalue weighted by atomic mass is 16.5. The zero-order valence-corrected chi connectivity index (χ0v) is 10.3. The van der Waals surface area contributed by atoms with Gasteiger partial charge in [0.05, 0.1) is 18.6 Å². The second-order valence-corrected chi connectivity index (χ2v) is 4.63. The van der Waals surface area contributed by atoms with Gasteiger partial charge < -0.3 is 10.1 Å². The summed E-state index contributed by atoms with van der Waals surface area (Å²) in [6.45, 7) is 3.99. The van der Waals surface area contributed by atoms with Crippen LogP contribution in [0.4, 0.5) is 0 Å². The van der Waals surface area contributed by atoms with Gasteiger partial charge in [0.15, 0.2) is 5.82 Å². The maximum Gasteiger partial charge on any atom is 0.315 e. The van der Waals surface area contributed by atoms with Gasteiger partial charge in [-0.25, -0.2) is 4.68 Å². The first-order chi connectivity index (χ1) is 8.78. The molecule has 7 nitrogen and oxygen atoms in total. The van der Waals surface area contributed by atoms with E-state index < -0.39 is 0 Å². The average Bonchev–Trinajstić information content (AvgIpc) is 2.92. The van der Waals surface area contributed by atoms with Crippen LogP contribution in [-0.2, 0) is 11.3 Å². The zero-order chi connectivity index (χ0) is 12.5. The minimum atomic E-state index is -0.145. The molecule has 1 aromatic heterocycles. The fraction of sp³-hybridized carbons (Fsp3) is 0.727. The molecular weight excluding hydrogens is 234 g/mol. The Hall–Kier alpha value is -1.63. The third kappa shape index (κ3) is 1.94. The molecule has 2 unspecified atom stereocenters. The number of hydrogen-bond acceptors (Lipinski definition) is 5. The first-order valence-electron chi connectivity index (χ1n) is 6.39. The fourth-order valence-electron chi connectivity index (χ4n) is 2.34. The van der Waals surface area contributed by atoms with Gasteiger partial charge in [-0.2, -0.15) is 10.1 Å². The number of carbonyl (C=O) groups excluding carboxylic acids is 1. The lowest BCUT2D eigenvalue weighted by atomic mass is 10.1. The van der Waals surface area contributed by atoms with Crippen LogP contribution >= 0.6 is 0 Å². The molecule has 3 heterocycles. The van der Waals surface area contributed by atoms with Crippen LogP contribution in [0, 0.1) is 0 Å². The predicted molar refractivity (Wildman–Crippen MR) is 63.1 cm³/mol. The molecule has 7 heteroatoms. The summed E-state index contributed by atoms with van der Waals surface area (Å²) in [5.74, 6) is 0.766. The van der Waals surface area contributed by atoms with E-state index in [9.17, 15) is 4.79 Å². The number of rotatable bonds is 3. The first kappa shape index (κ1) is 11.5. The summed E-state index contributed by atoms with van der Waals surface area (Å²) in [7, 11) is 0. The number of nitrogens with zero attached hydrogens (tertiary/aromatic N) is 3. The van der Waals surface area contributed by atoms with Crippen LogP contribution in [0.2, 0.25) is 0 Å². The van der Waals surface area contributed by atoms with Gasteiger partial charge in [0, 0.05) is 6.54 Å². The molecule has 0 radical (unpaired) electrons. The van der Waals surface area contributed by atoms with Crippen molar-refractivity contribution in [3.8, 4) is 6.01 Å². The maximum absolute atomic E-state index is 11.7. The van der Waals surface area contributed by atoms with Crippen LogP contribution in [0.15, 0.2) is 0 Å². The van der Waals surface area contributed by atoms with E-state index in [-0.39, 0.29) is 18.0 Å². The molecule has 1 fully saturated rings. The van der Waals surface area contributed by atoms with Crippen LogP contribution in [0.3, 0.4) is 0 Å². The fourth-order valence-corrected chi connectivity index (χ4v) is 2.34. The van der Waals surface area contributed by atoms with Gasteiger partial charge in [-0.15, -0.1) is 0 Å². The van der Waals surface area contributed by atoms with Gasteiger partial charge >= 0.3 is 6.01 Å². The van der Waals surface area contributed by atoms with E-state index in [1.165, 1.54) is 0 Å². The van der Waals surface area contributed by atoms with Crippen molar-refractivity contribution in [2.24, 2.45) is 0 Å². The lowest BCUT2D eigenvalue weighted by molar-refractivity contribution is -0.125. The molecule has 0 bridgehead atoms. The topological polar surface area (TPSA) is 81.1 Å². The monoisotopic (exact) mass is 251 g/mol. The molecule has 0 spiro atoms. The molecule has 2 aliphatic heterocycles. The molecule has 2 N–H and O–H groups in total. The van der Waals surface area contributed by atoms with Crippen molar-refractivity contribution in [3.63, 3.8) is 0 Å². The van der Waals surface area contributed by atoms with Crippen LogP contribution in [0.25, 0.3) is 0 Å². The maximum atomic E-state index is 11.7. The Labute approximate surface area is 105 Å². The highest BCUT2D eigenvalue weighted by Gasteiger charge is 2.31. The number of aromatic nitrogens is 3. The minimum absolute atomic E-state index is 0.0269. The Balaban J connectivity index is 1.73. The van der Waals surface area contributed by atoms with Gasteiger partial charge in [-0.3, -0.25) is 10.1 Å². The summed E-state index contributed by atoms with van der Waals surface area (Å²) >= 11 is 0. The smallest absolute Gasteiger partial charge is 0.315 e. The van der Waals surface area contributed by atoms with Gasteiger partial charge in [-0.05, 0) is 6.42 Å². The molecular formula is C11H17N5O2. The minimum Gasteiger partial charge on any atom is -0.462 e. The molecule has 0 aromatic carbocycles. The summed E-state index contributed by atoms with van der Waals surface area (Å²) in [5, 5.41) is 10.6. The average molecular weight is 251 g/mol. The van der Waals surface area contributed by atoms with Gasteiger partial charge in [0.1, 0.15) is 6.61 Å². The number of ether oxygens (including phenoxy) is 1. The van der Waals surface area contributed by atoms with Crippen molar-refractivity contribution in [2.75, 3.05) is 13.2 Å². The lowest BCUT2D eigenvalue weighted by Crippen LogP contribution is -2.54. The molecule has 1 saturated heterocycles. The summed E-state index contributed by atoms with van der Waals surface area (Å²) < 4.78 is 7.11. The predicted octanol–water partition coefficient (Wildman–Crippen LogP) is -0.400. The van der Waals surface area contributed by atoms with E-state index in [2.05, 4.69) is 27.6 Å². The molecule has 2 atom stereocenters. The molecule has 2 aliphatic rings. The molecule has 98 valence electrons. The third-order valence-corrected chi connectivity index (χ3v) is 3.28. The zero-order valence-electron chi connectivity index (χ0n) is 10.3. The van der Waals surface area contributed by atoms with Crippen LogP contribution < -0.4 is 15.4 Å². The lowest BCUT2D eigenvalue weighted by Gasteiger charge is -2.29. The highest BCUT2D eigenvalue weighted by molar-refractivity contribution is 5.82. The number of carbonyl (C=O) groups is 1. The van der Waals surface area contributed by atoms with E-state index in [1.54, 1.807) is 4.68 Å². The van der Waals surface area contributed by atoms with Gasteiger partial charge in [-0.1, -0.05) is 13.3 Å². The summed E-state index contributed by atoms with van der Waals surface area (Å²) in [4.78, 5) is 16.0. The Kier molecular flexibility index (Phi) is 2.91. The van der Waals surface area contributed by atoms with Crippen LogP contribution in [0.1, 0.15) is 31.6 Å². The Morgan fingerprint density at radius 2 is 2.44 bits per heavy atom. The van der Waals surface area contributed by atoms with Crippen molar-refractivity contribution < 1.29 is 9.53 Å². The van der Waals surface area contributed by atoms with Crippen molar-refractivity contribution in [3.05, 3.63) is 5.82 Å². The molecule has 1 amide bonds. The van der Waals surface area contributed by atoms with Crippen molar-refractivity contribution in [1.82, 2.24) is 25.4 Å².